The number of thiazole rings is 1. The van der Waals surface area contributed by atoms with Gasteiger partial charge < -0.3 is 4.74 Å². The van der Waals surface area contributed by atoms with Crippen molar-refractivity contribution in [2.45, 2.75) is 11.3 Å². The molecule has 0 radical (unpaired) electrons. The third-order valence-corrected chi connectivity index (χ3v) is 9.30. The van der Waals surface area contributed by atoms with Crippen molar-refractivity contribution in [1.82, 2.24) is 14.2 Å². The molecule has 1 amide bonds. The Hall–Kier alpha value is -2.60. The molecule has 1 fully saturated rings. The Morgan fingerprint density at radius 1 is 1.11 bits per heavy atom. The van der Waals surface area contributed by atoms with E-state index in [4.69, 9.17) is 21.3 Å². The molecule has 202 valence electrons. The van der Waals surface area contributed by atoms with E-state index in [-0.39, 0.29) is 23.9 Å². The van der Waals surface area contributed by atoms with Gasteiger partial charge in [0.2, 0.25) is 10.0 Å². The van der Waals surface area contributed by atoms with Gasteiger partial charge in [0.15, 0.2) is 5.13 Å². The number of aromatic nitrogens is 1. The Balaban J connectivity index is 1.58. The number of hydrogen-bond acceptors (Lipinski definition) is 7. The second kappa shape index (κ2) is 13.0. The van der Waals surface area contributed by atoms with Crippen LogP contribution in [0.2, 0.25) is 5.02 Å². The summed E-state index contributed by atoms with van der Waals surface area (Å²) in [6, 6.07) is 11.5. The van der Waals surface area contributed by atoms with E-state index in [1.807, 2.05) is 12.1 Å². The maximum atomic E-state index is 13.7. The minimum Gasteiger partial charge on any atom is -0.379 e. The lowest BCUT2D eigenvalue weighted by atomic mass is 10.2. The summed E-state index contributed by atoms with van der Waals surface area (Å²) in [5, 5.41) is 1.19. The lowest BCUT2D eigenvalue weighted by Crippen LogP contribution is -2.39. The summed E-state index contributed by atoms with van der Waals surface area (Å²) in [7, 11) is -3.76. The highest BCUT2D eigenvalue weighted by Crippen LogP contribution is 2.32. The molecule has 11 heteroatoms. The molecule has 1 aliphatic rings. The smallest absolute Gasteiger partial charge is 0.260 e. The molecule has 1 saturated heterocycles. The highest BCUT2D eigenvalue weighted by molar-refractivity contribution is 7.89. The number of amides is 1. The number of nitrogens with zero attached hydrogens (tertiary/aromatic N) is 4. The van der Waals surface area contributed by atoms with Crippen LogP contribution in [-0.4, -0.2) is 81.0 Å². The van der Waals surface area contributed by atoms with Gasteiger partial charge in [0, 0.05) is 49.9 Å². The quantitative estimate of drug-likeness (QED) is 0.292. The Bertz CT molecular complexity index is 1380. The third-order valence-electron chi connectivity index (χ3n) is 6.18. The molecular formula is C27H31ClN4O4S2. The van der Waals surface area contributed by atoms with Crippen LogP contribution < -0.4 is 4.90 Å². The zero-order valence-electron chi connectivity index (χ0n) is 21.1. The van der Waals surface area contributed by atoms with Gasteiger partial charge in [-0.2, -0.15) is 4.31 Å². The van der Waals surface area contributed by atoms with Gasteiger partial charge in [0.1, 0.15) is 0 Å². The standard InChI is InChI=1S/C27H31ClN4O4S2/c1-3-12-31(13-4-2)38(34,35)23-9-6-21(7-10-23)26(33)32(15-5-14-30-16-18-36-19-17-30)27-29-24-11-8-22(28)20-25(24)37-27/h3-4,6-11,20H,1-2,5,12-19H2. The Labute approximate surface area is 232 Å². The number of morpholine rings is 1. The number of benzene rings is 2. The summed E-state index contributed by atoms with van der Waals surface area (Å²) < 4.78 is 33.7. The molecule has 8 nitrogen and oxygen atoms in total. The average Bonchev–Trinajstić information content (AvgIpc) is 3.34. The Morgan fingerprint density at radius 3 is 2.45 bits per heavy atom. The minimum atomic E-state index is -3.76. The van der Waals surface area contributed by atoms with Crippen molar-refractivity contribution in [3.8, 4) is 0 Å². The molecule has 1 aromatic heterocycles. The normalized spacial score (nSPS) is 14.6. The van der Waals surface area contributed by atoms with Crippen molar-refractivity contribution in [1.29, 1.82) is 0 Å². The second-order valence-electron chi connectivity index (χ2n) is 8.80. The number of ether oxygens (including phenoxy) is 1. The van der Waals surface area contributed by atoms with Crippen molar-refractivity contribution in [3.05, 3.63) is 78.4 Å². The zero-order chi connectivity index (χ0) is 27.1. The number of sulfonamides is 1. The number of carbonyl (C=O) groups is 1. The van der Waals surface area contributed by atoms with Gasteiger partial charge in [0.05, 0.1) is 28.3 Å². The van der Waals surface area contributed by atoms with Crippen LogP contribution in [0.4, 0.5) is 5.13 Å². The van der Waals surface area contributed by atoms with Gasteiger partial charge in [0.25, 0.3) is 5.91 Å². The lowest BCUT2D eigenvalue weighted by molar-refractivity contribution is 0.0376. The minimum absolute atomic E-state index is 0.103. The molecule has 2 aromatic carbocycles. The molecule has 0 unspecified atom stereocenters. The molecule has 0 spiro atoms. The summed E-state index contributed by atoms with van der Waals surface area (Å²) in [5.74, 6) is -0.241. The van der Waals surface area contributed by atoms with Crippen molar-refractivity contribution in [3.63, 3.8) is 0 Å². The summed E-state index contributed by atoms with van der Waals surface area (Å²) >= 11 is 7.57. The summed E-state index contributed by atoms with van der Waals surface area (Å²) in [4.78, 5) is 22.5. The lowest BCUT2D eigenvalue weighted by Gasteiger charge is -2.27. The molecule has 0 atom stereocenters. The van der Waals surface area contributed by atoms with Crippen LogP contribution in [0, 0.1) is 0 Å². The first-order chi connectivity index (χ1) is 18.3. The van der Waals surface area contributed by atoms with Crippen molar-refractivity contribution in [2.75, 3.05) is 57.4 Å². The number of halogens is 1. The molecule has 38 heavy (non-hydrogen) atoms. The Morgan fingerprint density at radius 2 is 1.79 bits per heavy atom. The molecule has 0 bridgehead atoms. The first-order valence-corrected chi connectivity index (χ1v) is 15.0. The van der Waals surface area contributed by atoms with E-state index in [0.29, 0.717) is 35.5 Å². The molecular weight excluding hydrogens is 544 g/mol. The van der Waals surface area contributed by atoms with Gasteiger partial charge in [-0.15, -0.1) is 13.2 Å². The maximum Gasteiger partial charge on any atom is 0.260 e. The highest BCUT2D eigenvalue weighted by atomic mass is 35.5. The summed E-state index contributed by atoms with van der Waals surface area (Å²) in [6.45, 7) is 12.1. The number of fused-ring (bicyclic) bond motifs is 1. The number of anilines is 1. The maximum absolute atomic E-state index is 13.7. The second-order valence-corrected chi connectivity index (χ2v) is 12.2. The van der Waals surface area contributed by atoms with Crippen molar-refractivity contribution >= 4 is 54.2 Å². The SMILES string of the molecule is C=CCN(CC=C)S(=O)(=O)c1ccc(C(=O)N(CCCN2CCOCC2)c2nc3ccc(Cl)cc3s2)cc1. The number of carbonyl (C=O) groups excluding carboxylic acids is 1. The Kier molecular flexibility index (Phi) is 9.69. The molecule has 0 N–H and O–H groups in total. The fourth-order valence-electron chi connectivity index (χ4n) is 4.20. The van der Waals surface area contributed by atoms with E-state index >= 15 is 0 Å². The zero-order valence-corrected chi connectivity index (χ0v) is 23.5. The third kappa shape index (κ3) is 6.69. The van der Waals surface area contributed by atoms with Gasteiger partial charge in [-0.25, -0.2) is 13.4 Å². The number of rotatable bonds is 12. The van der Waals surface area contributed by atoms with Crippen LogP contribution in [0.25, 0.3) is 10.2 Å². The molecule has 0 saturated carbocycles. The molecule has 3 aromatic rings. The van der Waals surface area contributed by atoms with Crippen LogP contribution in [0.3, 0.4) is 0 Å². The fourth-order valence-corrected chi connectivity index (χ4v) is 6.84. The van der Waals surface area contributed by atoms with E-state index in [0.717, 1.165) is 36.3 Å². The first kappa shape index (κ1) is 28.4. The number of hydrogen-bond donors (Lipinski definition) is 0. The van der Waals surface area contributed by atoms with E-state index in [1.54, 1.807) is 23.1 Å². The predicted molar refractivity (Wildman–Crippen MR) is 154 cm³/mol. The largest absolute Gasteiger partial charge is 0.379 e. The predicted octanol–water partition coefficient (Wildman–Crippen LogP) is 4.68. The van der Waals surface area contributed by atoms with Gasteiger partial charge in [-0.1, -0.05) is 35.1 Å². The van der Waals surface area contributed by atoms with E-state index in [1.165, 1.54) is 39.9 Å². The summed E-state index contributed by atoms with van der Waals surface area (Å²) in [5.41, 5.74) is 1.15. The van der Waals surface area contributed by atoms with Crippen LogP contribution in [0.15, 0.2) is 72.7 Å². The van der Waals surface area contributed by atoms with E-state index in [9.17, 15) is 13.2 Å². The van der Waals surface area contributed by atoms with Crippen LogP contribution in [-0.2, 0) is 14.8 Å². The fraction of sp³-hybridized carbons (Fsp3) is 0.333. The highest BCUT2D eigenvalue weighted by Gasteiger charge is 2.25. The van der Waals surface area contributed by atoms with Crippen molar-refractivity contribution in [2.24, 2.45) is 0 Å². The van der Waals surface area contributed by atoms with Crippen LogP contribution in [0.5, 0.6) is 0 Å². The molecule has 1 aliphatic heterocycles. The van der Waals surface area contributed by atoms with E-state index < -0.39 is 10.0 Å². The molecule has 2 heterocycles. The molecule has 0 aliphatic carbocycles. The van der Waals surface area contributed by atoms with Crippen molar-refractivity contribution < 1.29 is 17.9 Å². The average molecular weight is 575 g/mol. The van der Waals surface area contributed by atoms with E-state index in [2.05, 4.69) is 18.1 Å². The summed E-state index contributed by atoms with van der Waals surface area (Å²) in [6.07, 6.45) is 3.81. The first-order valence-electron chi connectivity index (χ1n) is 12.3. The van der Waals surface area contributed by atoms with Gasteiger partial charge >= 0.3 is 0 Å². The van der Waals surface area contributed by atoms with Crippen LogP contribution in [0.1, 0.15) is 16.8 Å². The van der Waals surface area contributed by atoms with Crippen LogP contribution >= 0.6 is 22.9 Å². The van der Waals surface area contributed by atoms with Gasteiger partial charge in [-0.05, 0) is 48.9 Å². The molecule has 4 rings (SSSR count). The monoisotopic (exact) mass is 574 g/mol. The topological polar surface area (TPSA) is 83.1 Å². The van der Waals surface area contributed by atoms with Gasteiger partial charge in [-0.3, -0.25) is 14.6 Å².